The van der Waals surface area contributed by atoms with Gasteiger partial charge in [0.05, 0.1) is 106 Å². The Balaban J connectivity index is 0.000000227. The molecule has 4 aliphatic heterocycles. The standard InChI is InChI=1S/C38H49N7O8.C32H34N2O3S/c1-38(2,3)53-37(48)39-30-22-44-24-33(40-42-44)26-16-28(35(46)49-4)20-31(18-26)51-14-12-10-8-6-7-9-11-13-15-52-32-19-27(17-29(21-32)36(47)50-5)34-25-45(23-30)43-41-34;35-38-23-21-36-29-17-13-25(14-18-29)5-1-7-27-9-3-11-31(33-27)32-12-4-10-28(34-32)8-2-6-26-15-19-30(20-16-26)37-22-24-38/h16-21,24-25,30H,6-15,22-23H2,1-5H3,(H,39,48);3-4,9-20H,1-2,5-8,21-24H2. The van der Waals surface area contributed by atoms with E-state index in [4.69, 9.17) is 43.1 Å². The molecule has 21 heteroatoms. The number of nitrogens with zero attached hydrogens (tertiary/aromatic N) is 8. The van der Waals surface area contributed by atoms with Crippen LogP contribution in [0.1, 0.15) is 128 Å². The van der Waals surface area contributed by atoms with Crippen molar-refractivity contribution < 1.29 is 51.8 Å². The van der Waals surface area contributed by atoms with Crippen molar-refractivity contribution in [3.63, 3.8) is 0 Å². The molecule has 480 valence electrons. The Morgan fingerprint density at radius 1 is 0.505 bits per heavy atom. The van der Waals surface area contributed by atoms with Gasteiger partial charge in [0.2, 0.25) is 0 Å². The number of hydrogen-bond acceptors (Lipinski definition) is 17. The summed E-state index contributed by atoms with van der Waals surface area (Å²) in [4.78, 5) is 47.9. The predicted octanol–water partition coefficient (Wildman–Crippen LogP) is 12.3. The topological polar surface area (TPSA) is 232 Å². The Bertz CT molecular complexity index is 3440. The highest BCUT2D eigenvalue weighted by molar-refractivity contribution is 7.85. The van der Waals surface area contributed by atoms with Crippen LogP contribution in [0.3, 0.4) is 0 Å². The number of alkyl carbamates (subject to hydrolysis) is 1. The van der Waals surface area contributed by atoms with Gasteiger partial charge in [-0.25, -0.2) is 23.7 Å². The quantitative estimate of drug-likeness (QED) is 0.128. The molecule has 8 heterocycles. The van der Waals surface area contributed by atoms with E-state index < -0.39 is 40.5 Å². The van der Waals surface area contributed by atoms with Gasteiger partial charge in [0.25, 0.3) is 0 Å². The Kier molecular flexibility index (Phi) is 24.6. The van der Waals surface area contributed by atoms with Gasteiger partial charge in [-0.05, 0) is 168 Å². The third-order valence-corrected chi connectivity index (χ3v) is 16.4. The molecular formula is C70H83N9O11S. The van der Waals surface area contributed by atoms with Gasteiger partial charge in [-0.1, -0.05) is 85.3 Å². The molecule has 8 aromatic rings. The van der Waals surface area contributed by atoms with E-state index >= 15 is 0 Å². The Hall–Kier alpha value is -8.98. The second kappa shape index (κ2) is 33.7. The van der Waals surface area contributed by atoms with Crippen LogP contribution < -0.4 is 24.3 Å². The van der Waals surface area contributed by atoms with E-state index in [-0.39, 0.29) is 13.1 Å². The van der Waals surface area contributed by atoms with Crippen LogP contribution in [-0.2, 0) is 63.8 Å². The van der Waals surface area contributed by atoms with E-state index in [9.17, 15) is 18.6 Å². The number of methoxy groups -OCH3 is 2. The SMILES string of the molecule is COC(=O)c1cc2cc(c1)-c1cn(nn1)CC(NC(=O)OC(C)(C)C)Cn1cc(nn1)-c1cc(cc(C(=O)OC)c1)OCCCCCCCCCCO2.O=S1CCOc2ccc(cc2)CCCc2cccc(n2)-c2cccc(n2)CCCc2ccc(cc2)OCC1. The van der Waals surface area contributed by atoms with E-state index in [0.29, 0.717) is 83.1 Å². The highest BCUT2D eigenvalue weighted by Crippen LogP contribution is 2.29. The van der Waals surface area contributed by atoms with Crippen molar-refractivity contribution in [3.8, 4) is 56.9 Å². The van der Waals surface area contributed by atoms with Gasteiger partial charge in [-0.3, -0.25) is 14.2 Å². The second-order valence-corrected chi connectivity index (χ2v) is 25.3. The number of esters is 2. The van der Waals surface area contributed by atoms with Crippen molar-refractivity contribution in [2.75, 3.05) is 52.2 Å². The summed E-state index contributed by atoms with van der Waals surface area (Å²) < 4.78 is 54.9. The van der Waals surface area contributed by atoms with Crippen LogP contribution in [0.5, 0.6) is 23.0 Å². The number of pyridine rings is 2. The van der Waals surface area contributed by atoms with Crippen LogP contribution in [-0.4, -0.2) is 126 Å². The first-order valence-corrected chi connectivity index (χ1v) is 32.9. The molecule has 4 aromatic heterocycles. The second-order valence-electron chi connectivity index (χ2n) is 23.6. The van der Waals surface area contributed by atoms with Gasteiger partial charge in [0, 0.05) is 33.3 Å². The van der Waals surface area contributed by atoms with Gasteiger partial charge in [-0.15, -0.1) is 10.2 Å². The van der Waals surface area contributed by atoms with Crippen LogP contribution in [0.4, 0.5) is 4.79 Å². The Morgan fingerprint density at radius 3 is 1.36 bits per heavy atom. The van der Waals surface area contributed by atoms with E-state index in [1.165, 1.54) is 25.3 Å². The highest BCUT2D eigenvalue weighted by Gasteiger charge is 2.23. The number of fused-ring (bicyclic) bond motifs is 12. The fourth-order valence-corrected chi connectivity index (χ4v) is 11.2. The van der Waals surface area contributed by atoms with Crippen molar-refractivity contribution >= 4 is 28.8 Å². The molecule has 0 aliphatic carbocycles. The van der Waals surface area contributed by atoms with Crippen molar-refractivity contribution in [2.45, 2.75) is 135 Å². The molecule has 12 rings (SSSR count). The van der Waals surface area contributed by atoms with E-state index in [0.717, 1.165) is 124 Å². The molecule has 0 saturated heterocycles. The van der Waals surface area contributed by atoms with Crippen molar-refractivity contribution in [1.29, 1.82) is 0 Å². The third kappa shape index (κ3) is 21.6. The summed E-state index contributed by atoms with van der Waals surface area (Å²) in [5.41, 5.74) is 8.78. The molecular weight excluding hydrogens is 1170 g/mol. The third-order valence-electron chi connectivity index (χ3n) is 15.1. The minimum Gasteiger partial charge on any atom is -0.494 e. The number of benzene rings is 4. The molecule has 4 aromatic carbocycles. The number of aryl methyl sites for hydroxylation is 4. The first-order valence-electron chi connectivity index (χ1n) is 31.4. The van der Waals surface area contributed by atoms with Gasteiger partial charge in [0.1, 0.15) is 40.0 Å². The molecule has 0 fully saturated rings. The first-order chi connectivity index (χ1) is 44.2. The summed E-state index contributed by atoms with van der Waals surface area (Å²) in [6, 6.07) is 38.6. The lowest BCUT2D eigenvalue weighted by molar-refractivity contribution is 0.0489. The largest absolute Gasteiger partial charge is 0.494 e. The normalized spacial score (nSPS) is 15.4. The number of carbonyl (C=O) groups excluding carboxylic acids is 3. The van der Waals surface area contributed by atoms with Crippen LogP contribution in [0.2, 0.25) is 0 Å². The molecule has 20 nitrogen and oxygen atoms in total. The molecule has 91 heavy (non-hydrogen) atoms. The molecule has 0 unspecified atom stereocenters. The molecule has 1 N–H and O–H groups in total. The predicted molar refractivity (Wildman–Crippen MR) is 348 cm³/mol. The summed E-state index contributed by atoms with van der Waals surface area (Å²) in [5, 5.41) is 20.3. The molecule has 0 saturated carbocycles. The zero-order valence-electron chi connectivity index (χ0n) is 52.8. The van der Waals surface area contributed by atoms with Crippen LogP contribution in [0.25, 0.3) is 33.9 Å². The zero-order chi connectivity index (χ0) is 63.8. The highest BCUT2D eigenvalue weighted by atomic mass is 32.2. The molecule has 0 radical (unpaired) electrons. The fourth-order valence-electron chi connectivity index (χ4n) is 10.5. The summed E-state index contributed by atoms with van der Waals surface area (Å²) in [7, 11) is 1.69. The summed E-state index contributed by atoms with van der Waals surface area (Å²) >= 11 is 0. The molecule has 16 bridgehead atoms. The van der Waals surface area contributed by atoms with E-state index in [2.05, 4.69) is 74.5 Å². The number of hydrogen-bond donors (Lipinski definition) is 1. The maximum atomic E-state index is 13.0. The Labute approximate surface area is 535 Å². The van der Waals surface area contributed by atoms with E-state index in [1.807, 2.05) is 48.5 Å². The summed E-state index contributed by atoms with van der Waals surface area (Å²) in [5.74, 6) is 2.69. The van der Waals surface area contributed by atoms with Crippen LogP contribution in [0, 0.1) is 0 Å². The van der Waals surface area contributed by atoms with Gasteiger partial charge in [0.15, 0.2) is 0 Å². The Morgan fingerprint density at radius 2 is 0.934 bits per heavy atom. The number of nitrogens with one attached hydrogen (secondary N) is 1. The number of rotatable bonds is 3. The average molecular weight is 1260 g/mol. The lowest BCUT2D eigenvalue weighted by atomic mass is 10.1. The van der Waals surface area contributed by atoms with Crippen molar-refractivity contribution in [3.05, 3.63) is 167 Å². The molecule has 0 spiro atoms. The monoisotopic (exact) mass is 1260 g/mol. The maximum Gasteiger partial charge on any atom is 0.407 e. The van der Waals surface area contributed by atoms with Gasteiger partial charge in [-0.2, -0.15) is 0 Å². The minimum absolute atomic E-state index is 0.192. The summed E-state index contributed by atoms with van der Waals surface area (Å²) in [6.45, 7) is 7.61. The number of amides is 1. The molecule has 1 amide bonds. The minimum atomic E-state index is -0.980. The lowest BCUT2D eigenvalue weighted by Gasteiger charge is -2.23. The smallest absolute Gasteiger partial charge is 0.407 e. The number of carbonyl (C=O) groups is 3. The van der Waals surface area contributed by atoms with Crippen molar-refractivity contribution in [1.82, 2.24) is 45.3 Å². The fraction of sp³-hybridized carbons (Fsp3) is 0.414. The summed E-state index contributed by atoms with van der Waals surface area (Å²) in [6.07, 6.45) is 17.0. The maximum absolute atomic E-state index is 13.0. The number of aromatic nitrogens is 8. The molecule has 0 atom stereocenters. The van der Waals surface area contributed by atoms with Crippen LogP contribution >= 0.6 is 0 Å². The lowest BCUT2D eigenvalue weighted by Crippen LogP contribution is -2.43. The van der Waals surface area contributed by atoms with Gasteiger partial charge >= 0.3 is 18.0 Å². The first kappa shape index (κ1) is 66.4. The number of ether oxygens (including phenoxy) is 7. The van der Waals surface area contributed by atoms with E-state index in [1.54, 1.807) is 66.8 Å². The average Bonchev–Trinajstić information content (AvgIpc) is 2.28. The van der Waals surface area contributed by atoms with Crippen molar-refractivity contribution in [2.24, 2.45) is 0 Å². The van der Waals surface area contributed by atoms with Crippen LogP contribution in [0.15, 0.2) is 134 Å². The molecule has 4 aliphatic rings. The van der Waals surface area contributed by atoms with Gasteiger partial charge < -0.3 is 38.5 Å². The zero-order valence-corrected chi connectivity index (χ0v) is 53.6.